The Kier molecular flexibility index (Phi) is 6.96. The van der Waals surface area contributed by atoms with Gasteiger partial charge in [-0.05, 0) is 51.8 Å². The molecule has 24 heavy (non-hydrogen) atoms. The van der Waals surface area contributed by atoms with E-state index < -0.39 is 0 Å². The largest absolute Gasteiger partial charge is 0.0649 e. The summed E-state index contributed by atoms with van der Waals surface area (Å²) in [6.07, 6.45) is 5.12. The van der Waals surface area contributed by atoms with E-state index in [9.17, 15) is 0 Å². The van der Waals surface area contributed by atoms with Crippen LogP contribution < -0.4 is 0 Å². The number of hydrogen-bond donors (Lipinski definition) is 0. The molecule has 0 aromatic heterocycles. The molecule has 0 saturated heterocycles. The van der Waals surface area contributed by atoms with Crippen molar-refractivity contribution in [3.63, 3.8) is 0 Å². The Hall–Kier alpha value is 0. The molecule has 0 nitrogen and oxygen atoms in total. The molecule has 0 aliphatic heterocycles. The van der Waals surface area contributed by atoms with Gasteiger partial charge in [-0.1, -0.05) is 103 Å². The molecule has 0 aromatic rings. The van der Waals surface area contributed by atoms with Gasteiger partial charge in [0.2, 0.25) is 0 Å². The lowest BCUT2D eigenvalue weighted by Gasteiger charge is -2.52. The Morgan fingerprint density at radius 3 is 1.12 bits per heavy atom. The van der Waals surface area contributed by atoms with Crippen molar-refractivity contribution in [2.45, 2.75) is 123 Å². The van der Waals surface area contributed by atoms with E-state index in [-0.39, 0.29) is 0 Å². The van der Waals surface area contributed by atoms with Crippen molar-refractivity contribution in [2.75, 3.05) is 0 Å². The van der Waals surface area contributed by atoms with Crippen molar-refractivity contribution < 1.29 is 0 Å². The van der Waals surface area contributed by atoms with Gasteiger partial charge in [-0.25, -0.2) is 0 Å². The summed E-state index contributed by atoms with van der Waals surface area (Å²) in [6.45, 7) is 34.3. The van der Waals surface area contributed by atoms with E-state index in [2.05, 4.69) is 96.9 Å². The zero-order valence-electron chi connectivity index (χ0n) is 19.8. The van der Waals surface area contributed by atoms with Crippen LogP contribution in [0.2, 0.25) is 0 Å². The van der Waals surface area contributed by atoms with Gasteiger partial charge in [-0.2, -0.15) is 0 Å². The second kappa shape index (κ2) is 6.96. The fourth-order valence-electron chi connectivity index (χ4n) is 4.53. The predicted octanol–water partition coefficient (Wildman–Crippen LogP) is 8.74. The third-order valence-corrected chi connectivity index (χ3v) is 7.58. The first kappa shape index (κ1) is 24.0. The molecule has 0 fully saturated rings. The third kappa shape index (κ3) is 6.38. The van der Waals surface area contributed by atoms with Crippen LogP contribution >= 0.6 is 0 Å². The normalized spacial score (nSPS) is 15.8. The van der Waals surface area contributed by atoms with Crippen molar-refractivity contribution in [1.82, 2.24) is 0 Å². The lowest BCUT2D eigenvalue weighted by atomic mass is 9.53. The smallest absolute Gasteiger partial charge is 0.0297 e. The van der Waals surface area contributed by atoms with E-state index in [4.69, 9.17) is 0 Å². The average Bonchev–Trinajstić information content (AvgIpc) is 2.22. The van der Waals surface area contributed by atoms with Crippen LogP contribution in [0.5, 0.6) is 0 Å². The predicted molar refractivity (Wildman–Crippen MR) is 113 cm³/mol. The molecule has 0 aliphatic rings. The Morgan fingerprint density at radius 2 is 0.792 bits per heavy atom. The van der Waals surface area contributed by atoms with Gasteiger partial charge >= 0.3 is 0 Å². The molecule has 146 valence electrons. The van der Waals surface area contributed by atoms with Crippen LogP contribution in [-0.2, 0) is 0 Å². The molecule has 0 unspecified atom stereocenters. The Morgan fingerprint density at radius 1 is 0.417 bits per heavy atom. The molecule has 0 rings (SSSR count). The fraction of sp³-hybridized carbons (Fsp3) is 1.00. The Balaban J connectivity index is 5.35. The summed E-state index contributed by atoms with van der Waals surface area (Å²) in [5.41, 5.74) is 2.13. The maximum Gasteiger partial charge on any atom is -0.0297 e. The lowest BCUT2D eigenvalue weighted by Crippen LogP contribution is -2.43. The van der Waals surface area contributed by atoms with Gasteiger partial charge in [0.25, 0.3) is 0 Å². The van der Waals surface area contributed by atoms with Crippen LogP contribution in [0.1, 0.15) is 123 Å². The molecule has 0 aromatic carbocycles. The van der Waals surface area contributed by atoms with Gasteiger partial charge in [-0.15, -0.1) is 0 Å². The molecule has 0 saturated carbocycles. The van der Waals surface area contributed by atoms with E-state index in [1.165, 1.54) is 25.7 Å². The quantitative estimate of drug-likeness (QED) is 0.415. The first-order chi connectivity index (χ1) is 10.2. The third-order valence-electron chi connectivity index (χ3n) is 7.58. The fourth-order valence-corrected chi connectivity index (χ4v) is 4.53. The summed E-state index contributed by atoms with van der Waals surface area (Å²) in [5, 5.41) is 0. The minimum absolute atomic E-state index is 0.317. The lowest BCUT2D eigenvalue weighted by molar-refractivity contribution is -0.0256. The summed E-state index contributed by atoms with van der Waals surface area (Å²) in [7, 11) is 0. The molecule has 0 heteroatoms. The van der Waals surface area contributed by atoms with Crippen molar-refractivity contribution in [3.05, 3.63) is 0 Å². The summed E-state index contributed by atoms with van der Waals surface area (Å²) in [6, 6.07) is 0. The van der Waals surface area contributed by atoms with Crippen LogP contribution in [0.25, 0.3) is 0 Å². The maximum atomic E-state index is 2.51. The zero-order valence-corrected chi connectivity index (χ0v) is 19.8. The van der Waals surface area contributed by atoms with Crippen molar-refractivity contribution >= 4 is 0 Å². The highest BCUT2D eigenvalue weighted by atomic mass is 14.5. The second-order valence-electron chi connectivity index (χ2n) is 13.1. The van der Waals surface area contributed by atoms with Gasteiger partial charge in [0.05, 0.1) is 0 Å². The number of rotatable bonds is 8. The first-order valence-electron chi connectivity index (χ1n) is 10.2. The Labute approximate surface area is 155 Å². The molecule has 0 bridgehead atoms. The highest BCUT2D eigenvalue weighted by molar-refractivity contribution is 4.96. The molecule has 0 heterocycles. The van der Waals surface area contributed by atoms with Crippen molar-refractivity contribution in [3.8, 4) is 0 Å². The van der Waals surface area contributed by atoms with Gasteiger partial charge in [0.1, 0.15) is 0 Å². The van der Waals surface area contributed by atoms with Crippen LogP contribution in [0.15, 0.2) is 0 Å². The summed E-state index contributed by atoms with van der Waals surface area (Å²) >= 11 is 0. The second-order valence-corrected chi connectivity index (χ2v) is 13.1. The summed E-state index contributed by atoms with van der Waals surface area (Å²) in [5.74, 6) is 0. The van der Waals surface area contributed by atoms with Crippen LogP contribution in [0.4, 0.5) is 0 Å². The van der Waals surface area contributed by atoms with Crippen LogP contribution in [0.3, 0.4) is 0 Å². The zero-order chi connectivity index (χ0) is 19.8. The van der Waals surface area contributed by atoms with E-state index in [0.717, 1.165) is 0 Å². The van der Waals surface area contributed by atoms with Gasteiger partial charge in [0.15, 0.2) is 0 Å². The van der Waals surface area contributed by atoms with Crippen molar-refractivity contribution in [1.29, 1.82) is 0 Å². The maximum absolute atomic E-state index is 2.51. The highest BCUT2D eigenvalue weighted by Gasteiger charge is 2.46. The summed E-state index contributed by atoms with van der Waals surface area (Å²) in [4.78, 5) is 0. The molecule has 0 spiro atoms. The van der Waals surface area contributed by atoms with E-state index >= 15 is 0 Å². The molecular weight excluding hydrogens is 288 g/mol. The van der Waals surface area contributed by atoms with Crippen LogP contribution in [-0.4, -0.2) is 0 Å². The standard InChI is InChI=1S/C24H50/c1-15-20(5,6)16-21(7,8)17-23(11,12)24(13,14)18-22(9,10)19(2,3)4/h15-18H2,1-14H3. The van der Waals surface area contributed by atoms with Gasteiger partial charge in [0, 0.05) is 0 Å². The topological polar surface area (TPSA) is 0 Å². The van der Waals surface area contributed by atoms with Crippen LogP contribution in [0, 0.1) is 32.5 Å². The molecule has 0 radical (unpaired) electrons. The monoisotopic (exact) mass is 338 g/mol. The SMILES string of the molecule is CCC(C)(C)CC(C)(C)CC(C)(C)C(C)(C)CC(C)(C)C(C)(C)C. The molecular formula is C24H50. The Bertz CT molecular complexity index is 396. The van der Waals surface area contributed by atoms with E-state index in [0.29, 0.717) is 32.5 Å². The highest BCUT2D eigenvalue weighted by Crippen LogP contribution is 2.56. The first-order valence-corrected chi connectivity index (χ1v) is 10.2. The average molecular weight is 339 g/mol. The minimum atomic E-state index is 0.317. The van der Waals surface area contributed by atoms with Crippen molar-refractivity contribution in [2.24, 2.45) is 32.5 Å². The summed E-state index contributed by atoms with van der Waals surface area (Å²) < 4.78 is 0. The van der Waals surface area contributed by atoms with Gasteiger partial charge < -0.3 is 0 Å². The van der Waals surface area contributed by atoms with E-state index in [1.54, 1.807) is 0 Å². The van der Waals surface area contributed by atoms with E-state index in [1.807, 2.05) is 0 Å². The number of hydrogen-bond acceptors (Lipinski definition) is 0. The molecule has 0 N–H and O–H groups in total. The van der Waals surface area contributed by atoms with Gasteiger partial charge in [-0.3, -0.25) is 0 Å². The molecule has 0 atom stereocenters. The minimum Gasteiger partial charge on any atom is -0.0649 e. The molecule has 0 amide bonds. The molecule has 0 aliphatic carbocycles.